The zero-order valence-corrected chi connectivity index (χ0v) is 13.8. The van der Waals surface area contributed by atoms with Gasteiger partial charge >= 0.3 is 0 Å². The average molecular weight is 413 g/mol. The van der Waals surface area contributed by atoms with Gasteiger partial charge in [0.2, 0.25) is 0 Å². The summed E-state index contributed by atoms with van der Waals surface area (Å²) >= 11 is 6.69. The number of nitrogens with one attached hydrogen (secondary N) is 1. The van der Waals surface area contributed by atoms with Gasteiger partial charge in [0.25, 0.3) is 5.91 Å². The van der Waals surface area contributed by atoms with E-state index in [0.29, 0.717) is 21.3 Å². The van der Waals surface area contributed by atoms with E-state index in [1.807, 2.05) is 0 Å². The first-order chi connectivity index (χ1) is 10.0. The molecule has 0 aliphatic carbocycles. The second kappa shape index (κ2) is 6.73. The van der Waals surface area contributed by atoms with E-state index in [9.17, 15) is 4.79 Å². The molecule has 0 heterocycles. The average Bonchev–Trinajstić information content (AvgIpc) is 2.47. The second-order valence-electron chi connectivity index (χ2n) is 4.14. The molecule has 0 saturated heterocycles. The van der Waals surface area contributed by atoms with Crippen LogP contribution in [0.2, 0.25) is 0 Å². The number of oxime groups is 1. The number of carbonyl (C=O) groups is 1. The number of rotatable bonds is 3. The summed E-state index contributed by atoms with van der Waals surface area (Å²) in [6, 6.07) is 12.0. The topological polar surface area (TPSA) is 87.7 Å². The Hall–Kier alpha value is -1.86. The molecule has 0 aliphatic rings. The molecule has 7 heteroatoms. The Morgan fingerprint density at radius 1 is 1.14 bits per heavy atom. The van der Waals surface area contributed by atoms with E-state index in [-0.39, 0.29) is 11.7 Å². The van der Waals surface area contributed by atoms with Gasteiger partial charge in [0.05, 0.1) is 5.56 Å². The van der Waals surface area contributed by atoms with Crippen molar-refractivity contribution in [2.75, 3.05) is 5.32 Å². The highest BCUT2D eigenvalue weighted by atomic mass is 79.9. The zero-order chi connectivity index (χ0) is 15.4. The summed E-state index contributed by atoms with van der Waals surface area (Å²) in [7, 11) is 0. The first-order valence-electron chi connectivity index (χ1n) is 5.85. The van der Waals surface area contributed by atoms with Crippen LogP contribution in [0.25, 0.3) is 0 Å². The van der Waals surface area contributed by atoms with E-state index in [4.69, 9.17) is 10.9 Å². The molecular formula is C14H11Br2N3O2. The number of nitrogens with zero attached hydrogens (tertiary/aromatic N) is 1. The van der Waals surface area contributed by atoms with E-state index < -0.39 is 0 Å². The van der Waals surface area contributed by atoms with E-state index in [2.05, 4.69) is 42.3 Å². The van der Waals surface area contributed by atoms with Crippen molar-refractivity contribution in [2.45, 2.75) is 0 Å². The number of amides is 1. The maximum Gasteiger partial charge on any atom is 0.256 e. The van der Waals surface area contributed by atoms with Gasteiger partial charge in [0.15, 0.2) is 5.84 Å². The lowest BCUT2D eigenvalue weighted by molar-refractivity contribution is 0.102. The standard InChI is InChI=1S/C14H11Br2N3O2/c15-9-3-6-11(12(16)7-9)14(20)18-10-4-1-8(2-5-10)13(17)19-21/h1-7,21H,(H2,17,19)(H,18,20). The molecule has 0 radical (unpaired) electrons. The number of anilines is 1. The van der Waals surface area contributed by atoms with Crippen molar-refractivity contribution in [3.05, 3.63) is 62.5 Å². The van der Waals surface area contributed by atoms with Gasteiger partial charge in [-0.1, -0.05) is 21.1 Å². The summed E-state index contributed by atoms with van der Waals surface area (Å²) in [4.78, 5) is 12.2. The smallest absolute Gasteiger partial charge is 0.256 e. The third-order valence-corrected chi connectivity index (χ3v) is 3.87. The van der Waals surface area contributed by atoms with Crippen LogP contribution in [0.15, 0.2) is 56.6 Å². The molecule has 0 fully saturated rings. The maximum absolute atomic E-state index is 12.2. The Morgan fingerprint density at radius 3 is 2.38 bits per heavy atom. The Kier molecular flexibility index (Phi) is 4.98. The Balaban J connectivity index is 2.16. The number of amidine groups is 1. The van der Waals surface area contributed by atoms with E-state index >= 15 is 0 Å². The quantitative estimate of drug-likeness (QED) is 0.311. The van der Waals surface area contributed by atoms with Crippen LogP contribution < -0.4 is 11.1 Å². The number of carbonyl (C=O) groups excluding carboxylic acids is 1. The molecule has 1 amide bonds. The molecular weight excluding hydrogens is 402 g/mol. The lowest BCUT2D eigenvalue weighted by Crippen LogP contribution is -2.14. The van der Waals surface area contributed by atoms with Gasteiger partial charge in [-0.15, -0.1) is 0 Å². The molecule has 21 heavy (non-hydrogen) atoms. The Morgan fingerprint density at radius 2 is 1.81 bits per heavy atom. The fraction of sp³-hybridized carbons (Fsp3) is 0. The highest BCUT2D eigenvalue weighted by molar-refractivity contribution is 9.11. The molecule has 0 atom stereocenters. The molecule has 0 saturated carbocycles. The SMILES string of the molecule is N/C(=N/O)c1ccc(NC(=O)c2ccc(Br)cc2Br)cc1. The Bertz CT molecular complexity index is 700. The molecule has 0 bridgehead atoms. The van der Waals surface area contributed by atoms with Crippen LogP contribution in [0.4, 0.5) is 5.69 Å². The van der Waals surface area contributed by atoms with Crippen LogP contribution in [0.3, 0.4) is 0 Å². The largest absolute Gasteiger partial charge is 0.409 e. The van der Waals surface area contributed by atoms with Gasteiger partial charge in [0.1, 0.15) is 0 Å². The third kappa shape index (κ3) is 3.83. The van der Waals surface area contributed by atoms with Crippen LogP contribution in [-0.4, -0.2) is 17.0 Å². The summed E-state index contributed by atoms with van der Waals surface area (Å²) in [6.45, 7) is 0. The molecule has 2 aromatic rings. The predicted octanol–water partition coefficient (Wildman–Crippen LogP) is 3.56. The van der Waals surface area contributed by atoms with E-state index in [1.54, 1.807) is 42.5 Å². The van der Waals surface area contributed by atoms with Gasteiger partial charge in [-0.05, 0) is 58.4 Å². The van der Waals surface area contributed by atoms with Crippen molar-refractivity contribution in [1.29, 1.82) is 0 Å². The number of hydrogen-bond donors (Lipinski definition) is 3. The number of hydrogen-bond acceptors (Lipinski definition) is 3. The van der Waals surface area contributed by atoms with Crippen molar-refractivity contribution >= 4 is 49.3 Å². The molecule has 2 rings (SSSR count). The predicted molar refractivity (Wildman–Crippen MR) is 88.7 cm³/mol. The van der Waals surface area contributed by atoms with Crippen LogP contribution in [-0.2, 0) is 0 Å². The molecule has 2 aromatic carbocycles. The second-order valence-corrected chi connectivity index (χ2v) is 5.91. The first kappa shape index (κ1) is 15.5. The van der Waals surface area contributed by atoms with Gasteiger partial charge in [-0.2, -0.15) is 0 Å². The highest BCUT2D eigenvalue weighted by Gasteiger charge is 2.10. The third-order valence-electron chi connectivity index (χ3n) is 2.72. The minimum atomic E-state index is -0.231. The monoisotopic (exact) mass is 411 g/mol. The van der Waals surface area contributed by atoms with Crippen molar-refractivity contribution in [1.82, 2.24) is 0 Å². The summed E-state index contributed by atoms with van der Waals surface area (Å²) in [5.74, 6) is -0.213. The van der Waals surface area contributed by atoms with Crippen LogP contribution in [0.1, 0.15) is 15.9 Å². The van der Waals surface area contributed by atoms with Crippen LogP contribution >= 0.6 is 31.9 Å². The van der Waals surface area contributed by atoms with Gasteiger partial charge in [-0.25, -0.2) is 0 Å². The zero-order valence-electron chi connectivity index (χ0n) is 10.7. The summed E-state index contributed by atoms with van der Waals surface area (Å²) < 4.78 is 1.58. The molecule has 0 aromatic heterocycles. The highest BCUT2D eigenvalue weighted by Crippen LogP contribution is 2.23. The fourth-order valence-corrected chi connectivity index (χ4v) is 2.88. The minimum Gasteiger partial charge on any atom is -0.409 e. The summed E-state index contributed by atoms with van der Waals surface area (Å²) in [6.07, 6.45) is 0. The molecule has 5 nitrogen and oxygen atoms in total. The molecule has 0 aliphatic heterocycles. The van der Waals surface area contributed by atoms with E-state index in [0.717, 1.165) is 4.47 Å². The van der Waals surface area contributed by atoms with E-state index in [1.165, 1.54) is 0 Å². The molecule has 0 spiro atoms. The Labute approximate surface area is 138 Å². The summed E-state index contributed by atoms with van der Waals surface area (Å²) in [5, 5.41) is 14.3. The molecule has 108 valence electrons. The summed E-state index contributed by atoms with van der Waals surface area (Å²) in [5.41, 5.74) is 7.18. The van der Waals surface area contributed by atoms with Crippen molar-refractivity contribution in [3.8, 4) is 0 Å². The van der Waals surface area contributed by atoms with Crippen molar-refractivity contribution in [2.24, 2.45) is 10.9 Å². The van der Waals surface area contributed by atoms with Gasteiger partial charge in [-0.3, -0.25) is 4.79 Å². The molecule has 4 N–H and O–H groups in total. The van der Waals surface area contributed by atoms with Gasteiger partial charge < -0.3 is 16.3 Å². The number of benzene rings is 2. The number of halogens is 2. The van der Waals surface area contributed by atoms with Crippen LogP contribution in [0, 0.1) is 0 Å². The van der Waals surface area contributed by atoms with Gasteiger partial charge in [0, 0.05) is 20.2 Å². The van der Waals surface area contributed by atoms with Crippen molar-refractivity contribution in [3.63, 3.8) is 0 Å². The lowest BCUT2D eigenvalue weighted by atomic mass is 10.1. The maximum atomic E-state index is 12.2. The lowest BCUT2D eigenvalue weighted by Gasteiger charge is -2.08. The van der Waals surface area contributed by atoms with Crippen molar-refractivity contribution < 1.29 is 10.0 Å². The van der Waals surface area contributed by atoms with Crippen LogP contribution in [0.5, 0.6) is 0 Å². The fourth-order valence-electron chi connectivity index (χ4n) is 1.65. The minimum absolute atomic E-state index is 0.0172. The normalized spacial score (nSPS) is 11.2. The first-order valence-corrected chi connectivity index (χ1v) is 7.44. The number of nitrogens with two attached hydrogens (primary N) is 1. The molecule has 0 unspecified atom stereocenters.